The zero-order valence-corrected chi connectivity index (χ0v) is 36.8. The minimum absolute atomic E-state index is 0.0395. The number of ketones is 2. The van der Waals surface area contributed by atoms with Gasteiger partial charge in [-0.05, 0) is 59.7 Å². The molecule has 20 nitrogen and oxygen atoms in total. The van der Waals surface area contributed by atoms with Gasteiger partial charge in [-0.1, -0.05) is 24.3 Å². The summed E-state index contributed by atoms with van der Waals surface area (Å²) in [5, 5.41) is 100. The highest BCUT2D eigenvalue weighted by molar-refractivity contribution is 6.06. The molecule has 0 aromatic heterocycles. The average molecular weight is 965 g/mol. The highest BCUT2D eigenvalue weighted by Gasteiger charge is 2.43. The number of Topliss-reactive ketones (excluding diaryl/α,β-unsaturated/α-hetero) is 2. The molecule has 20 heteroatoms. The molecule has 0 saturated carbocycles. The van der Waals surface area contributed by atoms with Crippen LogP contribution in [0.5, 0.6) is 80.5 Å². The Hall–Kier alpha value is -8.30. The second-order valence-electron chi connectivity index (χ2n) is 16.4. The van der Waals surface area contributed by atoms with Crippen molar-refractivity contribution < 1.29 is 98.5 Å². The number of ether oxygens (including phenoxy) is 8. The van der Waals surface area contributed by atoms with Crippen LogP contribution in [0.2, 0.25) is 0 Å². The quantitative estimate of drug-likeness (QED) is 0.0986. The van der Waals surface area contributed by atoms with Gasteiger partial charge < -0.3 is 89.0 Å². The highest BCUT2D eigenvalue weighted by Crippen LogP contribution is 2.48. The molecule has 8 atom stereocenters. The lowest BCUT2D eigenvalue weighted by Gasteiger charge is -2.35. The maximum atomic E-state index is 12.7. The lowest BCUT2D eigenvalue weighted by atomic mass is 9.92. The van der Waals surface area contributed by atoms with Gasteiger partial charge in [0, 0.05) is 35.4 Å². The first-order valence-corrected chi connectivity index (χ1v) is 21.4. The fourth-order valence-corrected chi connectivity index (χ4v) is 8.56. The molecule has 0 unspecified atom stereocenters. The van der Waals surface area contributed by atoms with E-state index in [1.165, 1.54) is 50.6 Å². The molecule has 4 aliphatic heterocycles. The first-order chi connectivity index (χ1) is 33.6. The third-order valence-corrected chi connectivity index (χ3v) is 12.0. The Balaban J connectivity index is 0.000000174. The van der Waals surface area contributed by atoms with E-state index in [1.54, 1.807) is 48.5 Å². The zero-order chi connectivity index (χ0) is 49.7. The van der Waals surface area contributed by atoms with Crippen molar-refractivity contribution in [2.45, 2.75) is 48.8 Å². The van der Waals surface area contributed by atoms with Crippen LogP contribution in [0.25, 0.3) is 0 Å². The number of phenols is 6. The number of aromatic hydroxyl groups is 6. The monoisotopic (exact) mass is 964 g/mol. The molecule has 0 spiro atoms. The van der Waals surface area contributed by atoms with Gasteiger partial charge in [0.05, 0.1) is 27.4 Å². The number of aliphatic hydroxyl groups is 4. The summed E-state index contributed by atoms with van der Waals surface area (Å²) in [6.07, 6.45) is -8.54. The van der Waals surface area contributed by atoms with E-state index in [0.29, 0.717) is 33.8 Å². The molecular weight excluding hydrogens is 921 g/mol. The molecule has 364 valence electrons. The van der Waals surface area contributed by atoms with E-state index in [1.807, 2.05) is 0 Å². The van der Waals surface area contributed by atoms with Crippen LogP contribution in [0.3, 0.4) is 0 Å². The molecule has 0 saturated heterocycles. The minimum atomic E-state index is -1.62. The lowest BCUT2D eigenvalue weighted by Crippen LogP contribution is -2.37. The largest absolute Gasteiger partial charge is 0.508 e. The Morgan fingerprint density at radius 3 is 1.14 bits per heavy atom. The van der Waals surface area contributed by atoms with E-state index in [9.17, 15) is 60.7 Å². The van der Waals surface area contributed by atoms with Gasteiger partial charge in [0.1, 0.15) is 45.6 Å². The summed E-state index contributed by atoms with van der Waals surface area (Å²) in [7, 11) is 2.84. The molecule has 10 N–H and O–H groups in total. The Labute approximate surface area is 396 Å². The van der Waals surface area contributed by atoms with Crippen LogP contribution in [-0.4, -0.2) is 114 Å². The van der Waals surface area contributed by atoms with Crippen LogP contribution < -0.4 is 37.9 Å². The van der Waals surface area contributed by atoms with Gasteiger partial charge in [-0.25, -0.2) is 0 Å². The summed E-state index contributed by atoms with van der Waals surface area (Å²) >= 11 is 0. The molecule has 6 aromatic rings. The number of fused-ring (bicyclic) bond motifs is 4. The molecule has 4 heterocycles. The van der Waals surface area contributed by atoms with Crippen molar-refractivity contribution in [1.82, 2.24) is 0 Å². The number of hydrogen-bond acceptors (Lipinski definition) is 20. The number of aliphatic hydroxyl groups excluding tert-OH is 4. The molecule has 0 amide bonds. The predicted molar refractivity (Wildman–Crippen MR) is 239 cm³/mol. The molecule has 10 rings (SSSR count). The van der Waals surface area contributed by atoms with Crippen LogP contribution >= 0.6 is 0 Å². The standard InChI is InChI=1S/2C25H22O10/c2*1-32-17-6-11(2-4-14(17)28)24-20(10-26)33-18-7-12(3-5-16(18)34-24)25-23(31)22(30)21-15(29)8-13(27)9-19(21)35-25/h2*2-9,20,23-29,31H,10H2,1H3/t20-,23+,24-,25-;20-,23-,24-,25+/m10/s1. The van der Waals surface area contributed by atoms with E-state index in [4.69, 9.17) is 37.9 Å². The van der Waals surface area contributed by atoms with Gasteiger partial charge in [-0.15, -0.1) is 0 Å². The van der Waals surface area contributed by atoms with E-state index in [2.05, 4.69) is 0 Å². The maximum Gasteiger partial charge on any atom is 0.202 e. The molecule has 4 aliphatic rings. The summed E-state index contributed by atoms with van der Waals surface area (Å²) < 4.78 is 45.9. The lowest BCUT2D eigenvalue weighted by molar-refractivity contribution is -0.0131. The van der Waals surface area contributed by atoms with Gasteiger partial charge >= 0.3 is 0 Å². The van der Waals surface area contributed by atoms with Gasteiger partial charge in [-0.3, -0.25) is 9.59 Å². The van der Waals surface area contributed by atoms with Crippen molar-refractivity contribution in [3.63, 3.8) is 0 Å². The van der Waals surface area contributed by atoms with Crippen molar-refractivity contribution in [2.75, 3.05) is 27.4 Å². The Kier molecular flexibility index (Phi) is 12.5. The molecule has 0 radical (unpaired) electrons. The summed E-state index contributed by atoms with van der Waals surface area (Å²) in [5.74, 6) is -1.58. The Morgan fingerprint density at radius 1 is 0.414 bits per heavy atom. The second kappa shape index (κ2) is 18.7. The normalized spacial score (nSPS) is 22.8. The molecule has 0 fully saturated rings. The van der Waals surface area contributed by atoms with Crippen molar-refractivity contribution >= 4 is 11.6 Å². The fraction of sp³-hybridized carbons (Fsp3) is 0.240. The number of benzene rings is 6. The first-order valence-electron chi connectivity index (χ1n) is 21.4. The molecular formula is C50H44O20. The van der Waals surface area contributed by atoms with E-state index in [0.717, 1.165) is 12.1 Å². The average Bonchev–Trinajstić information content (AvgIpc) is 3.35. The summed E-state index contributed by atoms with van der Waals surface area (Å²) in [5.41, 5.74) is 1.56. The van der Waals surface area contributed by atoms with Crippen LogP contribution in [0.1, 0.15) is 67.4 Å². The highest BCUT2D eigenvalue weighted by atomic mass is 16.6. The summed E-state index contributed by atoms with van der Waals surface area (Å²) in [6, 6.07) is 23.1. The van der Waals surface area contributed by atoms with Gasteiger partial charge in [0.25, 0.3) is 0 Å². The van der Waals surface area contributed by atoms with E-state index in [-0.39, 0.29) is 81.8 Å². The van der Waals surface area contributed by atoms with Gasteiger partial charge in [-0.2, -0.15) is 0 Å². The maximum absolute atomic E-state index is 12.7. The van der Waals surface area contributed by atoms with Gasteiger partial charge in [0.2, 0.25) is 11.6 Å². The number of carbonyl (C=O) groups excluding carboxylic acids is 2. The molecule has 0 aliphatic carbocycles. The summed E-state index contributed by atoms with van der Waals surface area (Å²) in [4.78, 5) is 25.4. The number of methoxy groups -OCH3 is 2. The number of hydrogen-bond donors (Lipinski definition) is 10. The first kappa shape index (κ1) is 46.8. The van der Waals surface area contributed by atoms with Crippen molar-refractivity contribution in [2.24, 2.45) is 0 Å². The number of phenolic OH excluding ortho intramolecular Hbond substituents is 6. The summed E-state index contributed by atoms with van der Waals surface area (Å²) in [6.45, 7) is -0.769. The third kappa shape index (κ3) is 8.49. The van der Waals surface area contributed by atoms with Crippen molar-refractivity contribution in [1.29, 1.82) is 0 Å². The topological polar surface area (TPSA) is 310 Å². The zero-order valence-electron chi connectivity index (χ0n) is 36.8. The number of rotatable bonds is 8. The molecule has 70 heavy (non-hydrogen) atoms. The Morgan fingerprint density at radius 2 is 0.771 bits per heavy atom. The van der Waals surface area contributed by atoms with Crippen LogP contribution in [0.4, 0.5) is 0 Å². The second-order valence-corrected chi connectivity index (χ2v) is 16.4. The SMILES string of the molecule is COc1cc([C@@H]2Oc3ccc([C@H]4Oc5cc(O)cc(O)c5C(=O)[C@@H]4O)cc3O[C@H]2CO)ccc1O.COc1cc([C@H]2Oc3ccc([C@H]4Oc5cc(O)cc(O)c5C(=O)[C@@H]4O)cc3O[C@@H]2CO)ccc1O. The third-order valence-electron chi connectivity index (χ3n) is 12.0. The van der Waals surface area contributed by atoms with Gasteiger partial charge in [0.15, 0.2) is 94.8 Å². The van der Waals surface area contributed by atoms with E-state index >= 15 is 0 Å². The van der Waals surface area contributed by atoms with Crippen molar-refractivity contribution in [3.8, 4) is 80.5 Å². The van der Waals surface area contributed by atoms with Crippen molar-refractivity contribution in [3.05, 3.63) is 130 Å². The molecule has 0 bridgehead atoms. The smallest absolute Gasteiger partial charge is 0.202 e. The molecule has 6 aromatic carbocycles. The fourth-order valence-electron chi connectivity index (χ4n) is 8.56. The minimum Gasteiger partial charge on any atom is -0.508 e. The van der Waals surface area contributed by atoms with Crippen LogP contribution in [-0.2, 0) is 0 Å². The number of carbonyl (C=O) groups is 2. The van der Waals surface area contributed by atoms with E-state index < -0.39 is 71.9 Å². The van der Waals surface area contributed by atoms with Crippen LogP contribution in [0.15, 0.2) is 97.1 Å². The Bertz CT molecular complexity index is 2810. The van der Waals surface area contributed by atoms with Crippen LogP contribution in [0, 0.1) is 0 Å². The predicted octanol–water partition coefficient (Wildman–Crippen LogP) is 4.73.